The van der Waals surface area contributed by atoms with Gasteiger partial charge in [-0.3, -0.25) is 4.79 Å². The second kappa shape index (κ2) is 2.29. The summed E-state index contributed by atoms with van der Waals surface area (Å²) in [7, 11) is 0. The Kier molecular flexibility index (Phi) is 1.66. The van der Waals surface area contributed by atoms with Gasteiger partial charge in [-0.25, -0.2) is 0 Å². The summed E-state index contributed by atoms with van der Waals surface area (Å²) in [4.78, 5) is 10.6. The molecular weight excluding hydrogens is 100 g/mol. The van der Waals surface area contributed by atoms with Crippen LogP contribution >= 0.6 is 0 Å². The zero-order valence-corrected chi connectivity index (χ0v) is 5.02. The van der Waals surface area contributed by atoms with Crippen LogP contribution in [0.1, 0.15) is 25.7 Å². The van der Waals surface area contributed by atoms with Crippen LogP contribution in [-0.4, -0.2) is 5.78 Å². The molecule has 0 spiro atoms. The Bertz CT molecular complexity index is 96.6. The van der Waals surface area contributed by atoms with E-state index < -0.39 is 0 Å². The minimum Gasteiger partial charge on any atom is -0.299 e. The first-order valence-electron chi connectivity index (χ1n) is 3.16. The summed E-state index contributed by atoms with van der Waals surface area (Å²) in [6.45, 7) is 3.69. The Hall–Kier alpha value is -0.330. The van der Waals surface area contributed by atoms with Crippen LogP contribution in [0.5, 0.6) is 0 Å². The fourth-order valence-corrected chi connectivity index (χ4v) is 1.02. The number of hydrogen-bond acceptors (Lipinski definition) is 1. The van der Waals surface area contributed by atoms with E-state index in [-0.39, 0.29) is 0 Å². The van der Waals surface area contributed by atoms with Gasteiger partial charge in [0.25, 0.3) is 0 Å². The van der Waals surface area contributed by atoms with Crippen LogP contribution in [0.2, 0.25) is 0 Å². The number of carbonyl (C=O) groups excluding carboxylic acids is 1. The minimum absolute atomic E-state index is 0.396. The highest BCUT2D eigenvalue weighted by molar-refractivity contribution is 5.86. The molecule has 1 nitrogen and oxygen atoms in total. The van der Waals surface area contributed by atoms with Crippen molar-refractivity contribution in [3.63, 3.8) is 0 Å². The highest BCUT2D eigenvalue weighted by Crippen LogP contribution is 2.26. The molecule has 1 rings (SSSR count). The van der Waals surface area contributed by atoms with Gasteiger partial charge in [-0.15, -0.1) is 0 Å². The van der Waals surface area contributed by atoms with E-state index in [2.05, 4.69) is 6.92 Å². The van der Waals surface area contributed by atoms with Gasteiger partial charge < -0.3 is 0 Å². The number of ketones is 1. The smallest absolute Gasteiger partial charge is 0.136 e. The Morgan fingerprint density at radius 2 is 2.50 bits per heavy atom. The van der Waals surface area contributed by atoms with E-state index in [1.165, 1.54) is 0 Å². The van der Waals surface area contributed by atoms with E-state index in [0.717, 1.165) is 25.7 Å². The molecule has 0 aromatic rings. The van der Waals surface area contributed by atoms with Crippen molar-refractivity contribution in [2.75, 3.05) is 0 Å². The minimum atomic E-state index is 0.396. The lowest BCUT2D eigenvalue weighted by molar-refractivity contribution is -0.129. The summed E-state index contributed by atoms with van der Waals surface area (Å²) in [5, 5.41) is 0. The molecule has 0 amide bonds. The lowest BCUT2D eigenvalue weighted by Crippen LogP contribution is -2.24. The average molecular weight is 111 g/mol. The van der Waals surface area contributed by atoms with E-state index in [1.54, 1.807) is 0 Å². The molecule has 0 aromatic heterocycles. The first-order chi connectivity index (χ1) is 3.84. The third-order valence-corrected chi connectivity index (χ3v) is 1.75. The Morgan fingerprint density at radius 1 is 1.75 bits per heavy atom. The molecule has 1 fully saturated rings. The zero-order valence-electron chi connectivity index (χ0n) is 5.02. The van der Waals surface area contributed by atoms with Gasteiger partial charge >= 0.3 is 0 Å². The van der Waals surface area contributed by atoms with E-state index in [9.17, 15) is 4.79 Å². The first-order valence-corrected chi connectivity index (χ1v) is 3.16. The van der Waals surface area contributed by atoms with Crippen LogP contribution in [0.3, 0.4) is 0 Å². The first kappa shape index (κ1) is 5.80. The van der Waals surface area contributed by atoms with Crippen molar-refractivity contribution < 1.29 is 4.79 Å². The lowest BCUT2D eigenvalue weighted by atomic mass is 9.81. The number of Topliss-reactive ketones (excluding diaryl/α,β-unsaturated/α-hetero) is 1. The van der Waals surface area contributed by atoms with Gasteiger partial charge in [0.15, 0.2) is 0 Å². The number of hydrogen-bond donors (Lipinski definition) is 0. The second-order valence-electron chi connectivity index (χ2n) is 2.34. The third kappa shape index (κ3) is 0.908. The summed E-state index contributed by atoms with van der Waals surface area (Å²) in [6.07, 6.45) is 3.87. The summed E-state index contributed by atoms with van der Waals surface area (Å²) >= 11 is 0. The average Bonchev–Trinajstić information content (AvgIpc) is 1.79. The number of rotatable bonds is 2. The molecule has 1 aliphatic rings. The lowest BCUT2D eigenvalue weighted by Gasteiger charge is -2.22. The summed E-state index contributed by atoms with van der Waals surface area (Å²) in [5.41, 5.74) is 0. The molecule has 8 heavy (non-hydrogen) atoms. The van der Waals surface area contributed by atoms with Crippen molar-refractivity contribution in [3.05, 3.63) is 6.92 Å². The molecule has 1 saturated carbocycles. The zero-order chi connectivity index (χ0) is 5.98. The molecular formula is C7H11O. The van der Waals surface area contributed by atoms with Crippen molar-refractivity contribution in [2.24, 2.45) is 5.92 Å². The van der Waals surface area contributed by atoms with E-state index >= 15 is 0 Å². The molecule has 0 aromatic carbocycles. The van der Waals surface area contributed by atoms with Gasteiger partial charge in [0.1, 0.15) is 5.78 Å². The van der Waals surface area contributed by atoms with Gasteiger partial charge in [0.2, 0.25) is 0 Å². The van der Waals surface area contributed by atoms with E-state index in [1.807, 2.05) is 0 Å². The molecule has 1 unspecified atom stereocenters. The highest BCUT2D eigenvalue weighted by Gasteiger charge is 2.26. The van der Waals surface area contributed by atoms with Gasteiger partial charge in [0, 0.05) is 12.3 Å². The van der Waals surface area contributed by atoms with Gasteiger partial charge in [0.05, 0.1) is 0 Å². The van der Waals surface area contributed by atoms with Crippen LogP contribution in [0, 0.1) is 12.8 Å². The van der Waals surface area contributed by atoms with Gasteiger partial charge in [-0.2, -0.15) is 0 Å². The Labute approximate surface area is 50.1 Å². The molecule has 0 bridgehead atoms. The van der Waals surface area contributed by atoms with Crippen LogP contribution in [0.15, 0.2) is 0 Å². The Morgan fingerprint density at radius 3 is 2.62 bits per heavy atom. The largest absolute Gasteiger partial charge is 0.299 e. The molecule has 0 aliphatic heterocycles. The monoisotopic (exact) mass is 111 g/mol. The molecule has 1 atom stereocenters. The van der Waals surface area contributed by atoms with Crippen molar-refractivity contribution >= 4 is 5.78 Å². The van der Waals surface area contributed by atoms with Crippen LogP contribution in [0.25, 0.3) is 0 Å². The predicted octanol–water partition coefficient (Wildman–Crippen LogP) is 1.58. The third-order valence-electron chi connectivity index (χ3n) is 1.75. The summed E-state index contributed by atoms with van der Waals surface area (Å²) in [5.74, 6) is 0.848. The van der Waals surface area contributed by atoms with Crippen LogP contribution in [-0.2, 0) is 4.79 Å². The topological polar surface area (TPSA) is 17.1 Å². The molecule has 1 radical (unpaired) electrons. The maximum Gasteiger partial charge on any atom is 0.136 e. The SMILES string of the molecule is [CH2]CCC1CCC1=O. The van der Waals surface area contributed by atoms with Gasteiger partial charge in [-0.05, 0) is 12.8 Å². The van der Waals surface area contributed by atoms with E-state index in [4.69, 9.17) is 0 Å². The molecule has 45 valence electrons. The van der Waals surface area contributed by atoms with Crippen molar-refractivity contribution in [1.29, 1.82) is 0 Å². The van der Waals surface area contributed by atoms with E-state index in [0.29, 0.717) is 11.7 Å². The molecule has 1 heteroatoms. The molecule has 0 N–H and O–H groups in total. The maximum atomic E-state index is 10.6. The standard InChI is InChI=1S/C7H11O/c1-2-3-6-4-5-7(6)8/h6H,1-5H2. The quantitative estimate of drug-likeness (QED) is 0.528. The van der Waals surface area contributed by atoms with Crippen molar-refractivity contribution in [1.82, 2.24) is 0 Å². The molecule has 0 saturated heterocycles. The number of carbonyl (C=O) groups is 1. The predicted molar refractivity (Wildman–Crippen MR) is 32.3 cm³/mol. The molecule has 0 heterocycles. The van der Waals surface area contributed by atoms with Crippen molar-refractivity contribution in [2.45, 2.75) is 25.7 Å². The van der Waals surface area contributed by atoms with Gasteiger partial charge in [-0.1, -0.05) is 13.3 Å². The molecule has 1 aliphatic carbocycles. The normalized spacial score (nSPS) is 27.6. The summed E-state index contributed by atoms with van der Waals surface area (Å²) < 4.78 is 0. The second-order valence-corrected chi connectivity index (χ2v) is 2.34. The highest BCUT2D eigenvalue weighted by atomic mass is 16.1. The van der Waals surface area contributed by atoms with Crippen LogP contribution < -0.4 is 0 Å². The fourth-order valence-electron chi connectivity index (χ4n) is 1.02. The summed E-state index contributed by atoms with van der Waals surface area (Å²) in [6, 6.07) is 0. The van der Waals surface area contributed by atoms with Crippen LogP contribution in [0.4, 0.5) is 0 Å². The maximum absolute atomic E-state index is 10.6. The fraction of sp³-hybridized carbons (Fsp3) is 0.714. The van der Waals surface area contributed by atoms with Crippen molar-refractivity contribution in [3.8, 4) is 0 Å². The Balaban J connectivity index is 2.17.